The molecule has 2 aliphatic rings. The average molecular weight is 225 g/mol. The van der Waals surface area contributed by atoms with Crippen LogP contribution in [0.1, 0.15) is 17.2 Å². The van der Waals surface area contributed by atoms with Crippen LogP contribution in [0.25, 0.3) is 0 Å². The molecular formula is C11H15NO2S. The Kier molecular flexibility index (Phi) is 1.92. The fourth-order valence-electron chi connectivity index (χ4n) is 2.57. The standard InChI is InChI=1S/C11H15NO2S/c1-12-11-9-6-4-3-5-8(9)7-10(11)14-15(12,2)13/h3-6,10-11,13H,7H2,1-2H3/t10-,11+/m1/s1. The first-order chi connectivity index (χ1) is 7.09. The summed E-state index contributed by atoms with van der Waals surface area (Å²) < 4.78 is 17.8. The van der Waals surface area contributed by atoms with E-state index in [-0.39, 0.29) is 12.1 Å². The molecular weight excluding hydrogens is 210 g/mol. The molecule has 0 aromatic heterocycles. The van der Waals surface area contributed by atoms with Crippen LogP contribution < -0.4 is 0 Å². The monoisotopic (exact) mass is 225 g/mol. The minimum atomic E-state index is -1.99. The van der Waals surface area contributed by atoms with E-state index in [0.29, 0.717) is 0 Å². The van der Waals surface area contributed by atoms with Gasteiger partial charge >= 0.3 is 0 Å². The third-order valence-electron chi connectivity index (χ3n) is 3.38. The van der Waals surface area contributed by atoms with Gasteiger partial charge in [-0.3, -0.25) is 8.74 Å². The van der Waals surface area contributed by atoms with E-state index in [0.717, 1.165) is 6.42 Å². The highest BCUT2D eigenvalue weighted by Gasteiger charge is 2.47. The zero-order valence-corrected chi connectivity index (χ0v) is 9.70. The van der Waals surface area contributed by atoms with E-state index < -0.39 is 10.8 Å². The topological polar surface area (TPSA) is 32.7 Å². The van der Waals surface area contributed by atoms with Crippen LogP contribution in [0.15, 0.2) is 24.3 Å². The van der Waals surface area contributed by atoms with E-state index in [9.17, 15) is 4.55 Å². The molecule has 0 saturated carbocycles. The molecule has 3 nitrogen and oxygen atoms in total. The Morgan fingerprint density at radius 1 is 1.47 bits per heavy atom. The molecule has 0 amide bonds. The summed E-state index contributed by atoms with van der Waals surface area (Å²) in [6, 6.07) is 8.64. The number of fused-ring (bicyclic) bond motifs is 3. The molecule has 1 aromatic carbocycles. The molecule has 15 heavy (non-hydrogen) atoms. The highest BCUT2D eigenvalue weighted by molar-refractivity contribution is 8.22. The Balaban J connectivity index is 2.05. The molecule has 1 N–H and O–H groups in total. The molecule has 3 rings (SSSR count). The smallest absolute Gasteiger partial charge is 0.109 e. The molecule has 0 spiro atoms. The van der Waals surface area contributed by atoms with Crippen molar-refractivity contribution in [3.63, 3.8) is 0 Å². The fourth-order valence-corrected chi connectivity index (χ4v) is 4.01. The maximum Gasteiger partial charge on any atom is 0.109 e. The zero-order valence-electron chi connectivity index (χ0n) is 8.88. The second kappa shape index (κ2) is 2.98. The largest absolute Gasteiger partial charge is 0.286 e. The lowest BCUT2D eigenvalue weighted by molar-refractivity contribution is 0.216. The average Bonchev–Trinajstić information content (AvgIpc) is 2.62. The Morgan fingerprint density at radius 2 is 2.20 bits per heavy atom. The molecule has 1 fully saturated rings. The van der Waals surface area contributed by atoms with Crippen molar-refractivity contribution in [1.82, 2.24) is 4.31 Å². The molecule has 1 unspecified atom stereocenters. The van der Waals surface area contributed by atoms with Crippen LogP contribution in [0, 0.1) is 0 Å². The van der Waals surface area contributed by atoms with Crippen LogP contribution in [0.3, 0.4) is 0 Å². The number of rotatable bonds is 0. The highest BCUT2D eigenvalue weighted by atomic mass is 32.3. The first-order valence-electron chi connectivity index (χ1n) is 5.09. The number of hydrogen-bond donors (Lipinski definition) is 1. The lowest BCUT2D eigenvalue weighted by Gasteiger charge is -2.36. The van der Waals surface area contributed by atoms with Crippen LogP contribution in [-0.2, 0) is 10.6 Å². The van der Waals surface area contributed by atoms with Crippen molar-refractivity contribution in [2.24, 2.45) is 0 Å². The van der Waals surface area contributed by atoms with E-state index in [1.54, 1.807) is 6.26 Å². The summed E-state index contributed by atoms with van der Waals surface area (Å²) >= 11 is 0. The summed E-state index contributed by atoms with van der Waals surface area (Å²) in [7, 11) is -0.0471. The molecule has 82 valence electrons. The summed E-state index contributed by atoms with van der Waals surface area (Å²) in [5.74, 6) is 0. The van der Waals surface area contributed by atoms with Crippen LogP contribution in [0.2, 0.25) is 0 Å². The van der Waals surface area contributed by atoms with E-state index in [1.165, 1.54) is 11.1 Å². The van der Waals surface area contributed by atoms with Crippen molar-refractivity contribution in [2.75, 3.05) is 13.3 Å². The number of benzene rings is 1. The third-order valence-corrected chi connectivity index (χ3v) is 5.29. The molecule has 1 aliphatic heterocycles. The normalized spacial score (nSPS) is 43.4. The van der Waals surface area contributed by atoms with Gasteiger partial charge in [0.05, 0.1) is 6.04 Å². The minimum absolute atomic E-state index is 0.136. The highest BCUT2D eigenvalue weighted by Crippen LogP contribution is 2.60. The summed E-state index contributed by atoms with van der Waals surface area (Å²) in [5.41, 5.74) is 2.67. The number of likely N-dealkylation sites (N-methyl/N-ethyl adjacent to an activating group) is 1. The Labute approximate surface area is 91.5 Å². The van der Waals surface area contributed by atoms with Crippen molar-refractivity contribution in [3.05, 3.63) is 35.4 Å². The third kappa shape index (κ3) is 1.26. The van der Waals surface area contributed by atoms with Gasteiger partial charge in [0.1, 0.15) is 6.10 Å². The quantitative estimate of drug-likeness (QED) is 0.735. The predicted molar refractivity (Wildman–Crippen MR) is 61.7 cm³/mol. The van der Waals surface area contributed by atoms with Crippen molar-refractivity contribution in [3.8, 4) is 0 Å². The molecule has 0 bridgehead atoms. The van der Waals surface area contributed by atoms with E-state index in [2.05, 4.69) is 24.3 Å². The van der Waals surface area contributed by atoms with Gasteiger partial charge < -0.3 is 0 Å². The molecule has 4 heteroatoms. The molecule has 1 heterocycles. The van der Waals surface area contributed by atoms with Crippen LogP contribution in [-0.4, -0.2) is 28.3 Å². The van der Waals surface area contributed by atoms with Crippen molar-refractivity contribution in [1.29, 1.82) is 0 Å². The fraction of sp³-hybridized carbons (Fsp3) is 0.455. The van der Waals surface area contributed by atoms with Crippen molar-refractivity contribution >= 4 is 10.8 Å². The van der Waals surface area contributed by atoms with Gasteiger partial charge in [0.25, 0.3) is 0 Å². The maximum absolute atomic E-state index is 10.1. The van der Waals surface area contributed by atoms with Crippen LogP contribution >= 0.6 is 10.8 Å². The van der Waals surface area contributed by atoms with Crippen LogP contribution in [0.4, 0.5) is 0 Å². The number of nitrogens with zero attached hydrogens (tertiary/aromatic N) is 1. The van der Waals surface area contributed by atoms with E-state index in [1.807, 2.05) is 11.4 Å². The van der Waals surface area contributed by atoms with Gasteiger partial charge in [-0.15, -0.1) is 10.8 Å². The van der Waals surface area contributed by atoms with Gasteiger partial charge in [-0.25, -0.2) is 0 Å². The van der Waals surface area contributed by atoms with Gasteiger partial charge in [0.15, 0.2) is 0 Å². The summed E-state index contributed by atoms with van der Waals surface area (Å²) in [4.78, 5) is 0. The molecule has 0 radical (unpaired) electrons. The lowest BCUT2D eigenvalue weighted by Crippen LogP contribution is -2.21. The summed E-state index contributed by atoms with van der Waals surface area (Å²) in [6.07, 6.45) is 2.85. The van der Waals surface area contributed by atoms with Gasteiger partial charge in [0, 0.05) is 19.7 Å². The predicted octanol–water partition coefficient (Wildman–Crippen LogP) is 2.35. The van der Waals surface area contributed by atoms with Gasteiger partial charge in [-0.05, 0) is 11.1 Å². The summed E-state index contributed by atoms with van der Waals surface area (Å²) in [6.45, 7) is 0. The first kappa shape index (κ1) is 9.66. The van der Waals surface area contributed by atoms with Gasteiger partial charge in [0.2, 0.25) is 0 Å². The minimum Gasteiger partial charge on any atom is -0.286 e. The Morgan fingerprint density at radius 3 is 3.00 bits per heavy atom. The number of hydrogen-bond acceptors (Lipinski definition) is 3. The maximum atomic E-state index is 10.1. The van der Waals surface area contributed by atoms with Crippen molar-refractivity contribution < 1.29 is 8.74 Å². The SMILES string of the molecule is CN1[C@H]2c3ccccc3C[C@H]2OS1(C)O. The molecule has 1 aliphatic carbocycles. The Hall–Kier alpha value is -0.550. The van der Waals surface area contributed by atoms with Gasteiger partial charge in [-0.1, -0.05) is 24.3 Å². The molecule has 1 saturated heterocycles. The molecule has 1 aromatic rings. The summed E-state index contributed by atoms with van der Waals surface area (Å²) in [5, 5.41) is 0. The second-order valence-electron chi connectivity index (χ2n) is 4.29. The lowest BCUT2D eigenvalue weighted by atomic mass is 10.1. The first-order valence-corrected chi connectivity index (χ1v) is 6.97. The van der Waals surface area contributed by atoms with Crippen molar-refractivity contribution in [2.45, 2.75) is 18.6 Å². The Bertz CT molecular complexity index is 407. The second-order valence-corrected chi connectivity index (χ2v) is 6.58. The van der Waals surface area contributed by atoms with Gasteiger partial charge in [-0.2, -0.15) is 4.31 Å². The zero-order chi connectivity index (χ0) is 10.6. The van der Waals surface area contributed by atoms with E-state index in [4.69, 9.17) is 4.18 Å². The van der Waals surface area contributed by atoms with Crippen LogP contribution in [0.5, 0.6) is 0 Å². The van der Waals surface area contributed by atoms with E-state index >= 15 is 0 Å². The molecule has 3 atom stereocenters.